The number of halogens is 1. The van der Waals surface area contributed by atoms with Crippen molar-refractivity contribution in [2.45, 2.75) is 12.1 Å². The number of ether oxygens (including phenoxy) is 1. The van der Waals surface area contributed by atoms with Gasteiger partial charge in [0.05, 0.1) is 6.04 Å². The number of carbonyl (C=O) groups excluding carboxylic acids is 1. The summed E-state index contributed by atoms with van der Waals surface area (Å²) in [6, 6.07) is 5.73. The first kappa shape index (κ1) is 12.7. The fourth-order valence-electron chi connectivity index (χ4n) is 1.84. The zero-order valence-corrected chi connectivity index (χ0v) is 10.2. The summed E-state index contributed by atoms with van der Waals surface area (Å²) in [7, 11) is 0. The van der Waals surface area contributed by atoms with Crippen molar-refractivity contribution < 1.29 is 9.53 Å². The summed E-state index contributed by atoms with van der Waals surface area (Å²) in [4.78, 5) is 14.4. The number of carbonyl (C=O) groups is 1. The van der Waals surface area contributed by atoms with E-state index in [2.05, 4.69) is 15.3 Å². The number of rotatable bonds is 2. The maximum absolute atomic E-state index is 11.7. The van der Waals surface area contributed by atoms with E-state index in [1.807, 2.05) is 0 Å². The second kappa shape index (κ2) is 5.73. The van der Waals surface area contributed by atoms with E-state index < -0.39 is 18.1 Å². The predicted molar refractivity (Wildman–Crippen MR) is 66.1 cm³/mol. The standard InChI is InChI=1S/C11H11ClN4O2/c12-8-3-1-7(2-4-8)9-10(15-16-13)11(17)18-6-5-14-9/h1-4,9-10,14H,5-6H2/t9-,10+/m1/s1. The molecule has 7 heteroatoms. The molecule has 0 unspecified atom stereocenters. The lowest BCUT2D eigenvalue weighted by atomic mass is 10.00. The van der Waals surface area contributed by atoms with Crippen LogP contribution in [-0.2, 0) is 9.53 Å². The molecule has 18 heavy (non-hydrogen) atoms. The largest absolute Gasteiger partial charge is 0.464 e. The lowest BCUT2D eigenvalue weighted by Gasteiger charge is -2.20. The van der Waals surface area contributed by atoms with Gasteiger partial charge in [0.2, 0.25) is 0 Å². The predicted octanol–water partition coefficient (Wildman–Crippen LogP) is 2.21. The SMILES string of the molecule is [N-]=[N+]=N[C@@H]1C(=O)OCCN[C@@H]1c1ccc(Cl)cc1. The summed E-state index contributed by atoms with van der Waals surface area (Å²) in [6.07, 6.45) is 0. The summed E-state index contributed by atoms with van der Waals surface area (Å²) >= 11 is 5.82. The van der Waals surface area contributed by atoms with Crippen LogP contribution in [0.3, 0.4) is 0 Å². The summed E-state index contributed by atoms with van der Waals surface area (Å²) in [5, 5.41) is 7.25. The topological polar surface area (TPSA) is 87.1 Å². The third-order valence-electron chi connectivity index (χ3n) is 2.67. The van der Waals surface area contributed by atoms with E-state index in [4.69, 9.17) is 21.9 Å². The van der Waals surface area contributed by atoms with Gasteiger partial charge in [0.15, 0.2) is 6.04 Å². The molecule has 0 bridgehead atoms. The first-order valence-electron chi connectivity index (χ1n) is 5.42. The molecule has 0 radical (unpaired) electrons. The van der Waals surface area contributed by atoms with E-state index in [1.54, 1.807) is 24.3 Å². The lowest BCUT2D eigenvalue weighted by molar-refractivity contribution is -0.144. The van der Waals surface area contributed by atoms with Gasteiger partial charge in [-0.3, -0.25) is 4.79 Å². The number of esters is 1. The molecule has 2 atom stereocenters. The molecule has 0 aliphatic carbocycles. The van der Waals surface area contributed by atoms with Gasteiger partial charge in [0.1, 0.15) is 6.61 Å². The van der Waals surface area contributed by atoms with Crippen LogP contribution in [0.1, 0.15) is 11.6 Å². The average molecular weight is 267 g/mol. The maximum Gasteiger partial charge on any atom is 0.316 e. The van der Waals surface area contributed by atoms with Crippen LogP contribution in [0.15, 0.2) is 29.4 Å². The summed E-state index contributed by atoms with van der Waals surface area (Å²) in [5.74, 6) is -0.516. The third kappa shape index (κ3) is 2.73. The highest BCUT2D eigenvalue weighted by molar-refractivity contribution is 6.30. The van der Waals surface area contributed by atoms with Crippen molar-refractivity contribution in [3.63, 3.8) is 0 Å². The van der Waals surface area contributed by atoms with Gasteiger partial charge < -0.3 is 10.1 Å². The molecule has 2 rings (SSSR count). The van der Waals surface area contributed by atoms with E-state index >= 15 is 0 Å². The van der Waals surface area contributed by atoms with Crippen LogP contribution in [0, 0.1) is 0 Å². The van der Waals surface area contributed by atoms with E-state index in [-0.39, 0.29) is 6.61 Å². The van der Waals surface area contributed by atoms with Gasteiger partial charge in [-0.2, -0.15) is 0 Å². The molecule has 1 fully saturated rings. The van der Waals surface area contributed by atoms with Gasteiger partial charge in [-0.05, 0) is 23.2 Å². The van der Waals surface area contributed by atoms with Gasteiger partial charge in [0.25, 0.3) is 0 Å². The molecular formula is C11H11ClN4O2. The first-order chi connectivity index (χ1) is 8.72. The Morgan fingerprint density at radius 3 is 2.83 bits per heavy atom. The summed E-state index contributed by atoms with van der Waals surface area (Å²) in [6.45, 7) is 0.775. The number of hydrogen-bond acceptors (Lipinski definition) is 4. The number of hydrogen-bond donors (Lipinski definition) is 1. The second-order valence-corrected chi connectivity index (χ2v) is 4.24. The van der Waals surface area contributed by atoms with Gasteiger partial charge >= 0.3 is 5.97 Å². The molecule has 0 aromatic heterocycles. The quantitative estimate of drug-likeness (QED) is 0.385. The number of cyclic esters (lactones) is 1. The molecular weight excluding hydrogens is 256 g/mol. The third-order valence-corrected chi connectivity index (χ3v) is 2.93. The van der Waals surface area contributed by atoms with E-state index in [1.165, 1.54) is 0 Å². The van der Waals surface area contributed by atoms with Crippen molar-refractivity contribution >= 4 is 17.6 Å². The molecule has 1 saturated heterocycles. The van der Waals surface area contributed by atoms with Crippen molar-refractivity contribution in [2.24, 2.45) is 5.11 Å². The van der Waals surface area contributed by atoms with Crippen LogP contribution in [-0.4, -0.2) is 25.2 Å². The van der Waals surface area contributed by atoms with Gasteiger partial charge in [0, 0.05) is 16.5 Å². The first-order valence-corrected chi connectivity index (χ1v) is 5.80. The Hall–Kier alpha value is -1.75. The van der Waals surface area contributed by atoms with Crippen molar-refractivity contribution in [1.82, 2.24) is 5.32 Å². The highest BCUT2D eigenvalue weighted by Crippen LogP contribution is 2.23. The molecule has 0 spiro atoms. The fourth-order valence-corrected chi connectivity index (χ4v) is 1.96. The molecule has 1 N–H and O–H groups in total. The minimum absolute atomic E-state index is 0.264. The van der Waals surface area contributed by atoms with E-state index in [0.717, 1.165) is 5.56 Å². The Morgan fingerprint density at radius 1 is 1.44 bits per heavy atom. The van der Waals surface area contributed by atoms with Crippen LogP contribution in [0.4, 0.5) is 0 Å². The van der Waals surface area contributed by atoms with Crippen LogP contribution in [0.2, 0.25) is 5.02 Å². The molecule has 0 saturated carbocycles. The summed E-state index contributed by atoms with van der Waals surface area (Å²) in [5.41, 5.74) is 9.37. The number of nitrogens with one attached hydrogen (secondary N) is 1. The zero-order chi connectivity index (χ0) is 13.0. The molecule has 1 aliphatic heterocycles. The summed E-state index contributed by atoms with van der Waals surface area (Å²) < 4.78 is 4.95. The maximum atomic E-state index is 11.7. The van der Waals surface area contributed by atoms with Crippen molar-refractivity contribution in [1.29, 1.82) is 0 Å². The monoisotopic (exact) mass is 266 g/mol. The highest BCUT2D eigenvalue weighted by Gasteiger charge is 2.31. The zero-order valence-electron chi connectivity index (χ0n) is 9.41. The van der Waals surface area contributed by atoms with Gasteiger partial charge in [-0.25, -0.2) is 0 Å². The minimum atomic E-state index is -0.904. The van der Waals surface area contributed by atoms with Crippen molar-refractivity contribution in [2.75, 3.05) is 13.2 Å². The Kier molecular flexibility index (Phi) is 4.04. The molecule has 1 aromatic rings. The number of azide groups is 1. The fraction of sp³-hybridized carbons (Fsp3) is 0.364. The minimum Gasteiger partial charge on any atom is -0.464 e. The highest BCUT2D eigenvalue weighted by atomic mass is 35.5. The van der Waals surface area contributed by atoms with Crippen molar-refractivity contribution in [3.05, 3.63) is 45.3 Å². The Bertz CT molecular complexity index is 484. The smallest absolute Gasteiger partial charge is 0.316 e. The van der Waals surface area contributed by atoms with Crippen LogP contribution in [0.25, 0.3) is 10.4 Å². The van der Waals surface area contributed by atoms with Crippen LogP contribution >= 0.6 is 11.6 Å². The Labute approximate surface area is 109 Å². The molecule has 94 valence electrons. The molecule has 1 heterocycles. The second-order valence-electron chi connectivity index (χ2n) is 3.80. The molecule has 1 aromatic carbocycles. The average Bonchev–Trinajstić information content (AvgIpc) is 2.54. The van der Waals surface area contributed by atoms with Crippen LogP contribution < -0.4 is 5.32 Å². The molecule has 0 amide bonds. The van der Waals surface area contributed by atoms with E-state index in [9.17, 15) is 4.79 Å². The Morgan fingerprint density at radius 2 is 2.17 bits per heavy atom. The lowest BCUT2D eigenvalue weighted by Crippen LogP contribution is -2.33. The van der Waals surface area contributed by atoms with Crippen LogP contribution in [0.5, 0.6) is 0 Å². The normalized spacial score (nSPS) is 23.7. The van der Waals surface area contributed by atoms with Crippen molar-refractivity contribution in [3.8, 4) is 0 Å². The molecule has 1 aliphatic rings. The van der Waals surface area contributed by atoms with Gasteiger partial charge in [-0.15, -0.1) is 0 Å². The molecule has 6 nitrogen and oxygen atoms in total. The van der Waals surface area contributed by atoms with Gasteiger partial charge in [-0.1, -0.05) is 28.8 Å². The van der Waals surface area contributed by atoms with E-state index in [0.29, 0.717) is 11.6 Å². The number of benzene rings is 1. The Balaban J connectivity index is 2.34. The number of nitrogens with zero attached hydrogens (tertiary/aromatic N) is 3.